The van der Waals surface area contributed by atoms with Gasteiger partial charge in [0.25, 0.3) is 0 Å². The second-order valence-electron chi connectivity index (χ2n) is 13.0. The Kier molecular flexibility index (Phi) is 9.06. The van der Waals surface area contributed by atoms with E-state index in [4.69, 9.17) is 13.3 Å². The summed E-state index contributed by atoms with van der Waals surface area (Å²) in [4.78, 5) is 0. The molecule has 0 aromatic heterocycles. The zero-order chi connectivity index (χ0) is 23.8. The zero-order valence-corrected chi connectivity index (χ0v) is 25.1. The smallest absolute Gasteiger partial charge is 0.192 e. The summed E-state index contributed by atoms with van der Waals surface area (Å²) in [6, 6.07) is 0. The number of hydrogen-bond donors (Lipinski definition) is 1. The van der Waals surface area contributed by atoms with Crippen LogP contribution in [-0.4, -0.2) is 55.0 Å². The van der Waals surface area contributed by atoms with Gasteiger partial charge in [0.2, 0.25) is 0 Å². The lowest BCUT2D eigenvalue weighted by Crippen LogP contribution is -2.58. The van der Waals surface area contributed by atoms with Crippen molar-refractivity contribution in [2.75, 3.05) is 6.61 Å². The van der Waals surface area contributed by atoms with Crippen LogP contribution in [0.25, 0.3) is 0 Å². The Labute approximate surface area is 190 Å². The highest BCUT2D eigenvalue weighted by Crippen LogP contribution is 2.44. The van der Waals surface area contributed by atoms with E-state index in [-0.39, 0.29) is 35.0 Å². The Bertz CT molecular complexity index is 555. The lowest BCUT2D eigenvalue weighted by Gasteiger charge is -2.49. The zero-order valence-electron chi connectivity index (χ0n) is 22.1. The minimum atomic E-state index is -1.99. The molecule has 0 spiro atoms. The molecule has 30 heavy (non-hydrogen) atoms. The monoisotopic (exact) mass is 474 g/mol. The molecule has 1 aliphatic rings. The fraction of sp³-hybridized carbons (Fsp3) is 0.913. The third-order valence-electron chi connectivity index (χ3n) is 7.03. The van der Waals surface area contributed by atoms with E-state index in [2.05, 4.69) is 87.4 Å². The standard InChI is InChI=1S/C23H50O4Si3/c1-22(2,3)29(10,11)25-19-16-18(14-15-24)17-20(21(19)27-28(7,8)9)26-30(12,13)23(4,5)6/h14,19-21,24H,15-17H2,1-13H3/t19-,20-,21?/m1/s1. The van der Waals surface area contributed by atoms with E-state index in [1.165, 1.54) is 5.57 Å². The molecule has 1 rings (SSSR count). The van der Waals surface area contributed by atoms with Gasteiger partial charge < -0.3 is 18.4 Å². The van der Waals surface area contributed by atoms with E-state index in [0.717, 1.165) is 12.8 Å². The summed E-state index contributed by atoms with van der Waals surface area (Å²) >= 11 is 0. The first-order valence-electron chi connectivity index (χ1n) is 11.5. The SMILES string of the molecule is CC(C)(C)[Si](C)(C)O[C@@H]1CC(=CCO)C[C@@H](O[Si](C)(C)C(C)(C)C)C1O[Si](C)(C)C. The molecule has 0 bridgehead atoms. The van der Waals surface area contributed by atoms with Crippen molar-refractivity contribution >= 4 is 25.0 Å². The molecule has 1 aliphatic carbocycles. The van der Waals surface area contributed by atoms with Gasteiger partial charge in [0, 0.05) is 0 Å². The van der Waals surface area contributed by atoms with E-state index < -0.39 is 25.0 Å². The number of aliphatic hydroxyl groups excluding tert-OH is 1. The molecule has 4 nitrogen and oxygen atoms in total. The lowest BCUT2D eigenvalue weighted by atomic mass is 9.88. The third-order valence-corrected chi connectivity index (χ3v) is 17.0. The highest BCUT2D eigenvalue weighted by atomic mass is 28.4. The molecule has 0 amide bonds. The van der Waals surface area contributed by atoms with Gasteiger partial charge in [-0.1, -0.05) is 53.2 Å². The minimum Gasteiger partial charge on any atom is -0.411 e. The van der Waals surface area contributed by atoms with E-state index in [1.54, 1.807) is 0 Å². The summed E-state index contributed by atoms with van der Waals surface area (Å²) in [5, 5.41) is 9.86. The lowest BCUT2D eigenvalue weighted by molar-refractivity contribution is -0.0503. The predicted octanol–water partition coefficient (Wildman–Crippen LogP) is 6.70. The molecular weight excluding hydrogens is 425 g/mol. The first-order valence-corrected chi connectivity index (χ1v) is 20.7. The molecule has 0 aliphatic heterocycles. The normalized spacial score (nSPS) is 24.9. The van der Waals surface area contributed by atoms with Crippen LogP contribution in [0, 0.1) is 0 Å². The van der Waals surface area contributed by atoms with Gasteiger partial charge in [0.1, 0.15) is 0 Å². The fourth-order valence-corrected chi connectivity index (χ4v) is 7.03. The first kappa shape index (κ1) is 28.3. The van der Waals surface area contributed by atoms with Gasteiger partial charge in [-0.15, -0.1) is 0 Å². The van der Waals surface area contributed by atoms with Crippen molar-refractivity contribution in [1.29, 1.82) is 0 Å². The van der Waals surface area contributed by atoms with Gasteiger partial charge in [-0.25, -0.2) is 0 Å². The Balaban J connectivity index is 3.38. The van der Waals surface area contributed by atoms with Gasteiger partial charge in [-0.05, 0) is 68.7 Å². The van der Waals surface area contributed by atoms with Gasteiger partial charge in [-0.3, -0.25) is 0 Å². The molecule has 7 heteroatoms. The van der Waals surface area contributed by atoms with Crippen molar-refractivity contribution < 1.29 is 18.4 Å². The van der Waals surface area contributed by atoms with E-state index in [1.807, 2.05) is 6.08 Å². The molecule has 1 fully saturated rings. The van der Waals surface area contributed by atoms with Gasteiger partial charge >= 0.3 is 0 Å². The molecule has 0 aromatic rings. The molecule has 1 N–H and O–H groups in total. The molecule has 1 saturated carbocycles. The van der Waals surface area contributed by atoms with Crippen molar-refractivity contribution in [3.63, 3.8) is 0 Å². The van der Waals surface area contributed by atoms with Crippen molar-refractivity contribution in [3.8, 4) is 0 Å². The Morgan fingerprint density at radius 1 is 0.767 bits per heavy atom. The van der Waals surface area contributed by atoms with Crippen molar-refractivity contribution in [2.45, 2.75) is 129 Å². The quantitative estimate of drug-likeness (QED) is 0.329. The summed E-state index contributed by atoms with van der Waals surface area (Å²) in [7, 11) is -5.78. The molecule has 0 saturated heterocycles. The predicted molar refractivity (Wildman–Crippen MR) is 137 cm³/mol. The largest absolute Gasteiger partial charge is 0.411 e. The summed E-state index contributed by atoms with van der Waals surface area (Å²) in [6.07, 6.45) is 3.47. The van der Waals surface area contributed by atoms with Crippen LogP contribution in [-0.2, 0) is 13.3 Å². The minimum absolute atomic E-state index is 0.0288. The molecule has 178 valence electrons. The van der Waals surface area contributed by atoms with E-state index >= 15 is 0 Å². The highest BCUT2D eigenvalue weighted by Gasteiger charge is 2.48. The van der Waals surface area contributed by atoms with Crippen LogP contribution in [0.3, 0.4) is 0 Å². The molecule has 0 radical (unpaired) electrons. The summed E-state index contributed by atoms with van der Waals surface area (Å²) in [5.41, 5.74) is 1.24. The topological polar surface area (TPSA) is 47.9 Å². The van der Waals surface area contributed by atoms with Crippen LogP contribution in [0.4, 0.5) is 0 Å². The maximum Gasteiger partial charge on any atom is 0.192 e. The second kappa shape index (κ2) is 9.61. The fourth-order valence-electron chi connectivity index (χ4n) is 3.26. The van der Waals surface area contributed by atoms with Crippen LogP contribution in [0.15, 0.2) is 11.6 Å². The van der Waals surface area contributed by atoms with Crippen LogP contribution in [0.2, 0.25) is 55.9 Å². The molecule has 2 atom stereocenters. The first-order chi connectivity index (χ1) is 13.2. The van der Waals surface area contributed by atoms with Crippen molar-refractivity contribution in [1.82, 2.24) is 0 Å². The van der Waals surface area contributed by atoms with Gasteiger partial charge in [0.15, 0.2) is 25.0 Å². The molecule has 0 heterocycles. The van der Waals surface area contributed by atoms with Gasteiger partial charge in [0.05, 0.1) is 24.9 Å². The highest BCUT2D eigenvalue weighted by molar-refractivity contribution is 6.74. The molecule has 0 aromatic carbocycles. The van der Waals surface area contributed by atoms with Crippen molar-refractivity contribution in [2.24, 2.45) is 0 Å². The van der Waals surface area contributed by atoms with Crippen LogP contribution >= 0.6 is 0 Å². The summed E-state index contributed by atoms with van der Waals surface area (Å²) in [6.45, 7) is 29.8. The maximum atomic E-state index is 9.60. The Morgan fingerprint density at radius 2 is 1.13 bits per heavy atom. The summed E-state index contributed by atoms with van der Waals surface area (Å²) < 4.78 is 20.7. The maximum absolute atomic E-state index is 9.60. The Morgan fingerprint density at radius 3 is 1.40 bits per heavy atom. The Hall–Kier alpha value is 0.231. The van der Waals surface area contributed by atoms with Crippen molar-refractivity contribution in [3.05, 3.63) is 11.6 Å². The summed E-state index contributed by atoms with van der Waals surface area (Å²) in [5.74, 6) is 0. The number of aliphatic hydroxyl groups is 1. The van der Waals surface area contributed by atoms with E-state index in [9.17, 15) is 5.11 Å². The van der Waals surface area contributed by atoms with Gasteiger partial charge in [-0.2, -0.15) is 0 Å². The number of hydrogen-bond acceptors (Lipinski definition) is 4. The van der Waals surface area contributed by atoms with Crippen LogP contribution in [0.1, 0.15) is 54.4 Å². The second-order valence-corrected chi connectivity index (χ2v) is 27.0. The number of rotatable bonds is 7. The average Bonchev–Trinajstić information content (AvgIpc) is 2.47. The van der Waals surface area contributed by atoms with Crippen LogP contribution < -0.4 is 0 Å². The van der Waals surface area contributed by atoms with E-state index in [0.29, 0.717) is 0 Å². The van der Waals surface area contributed by atoms with Crippen LogP contribution in [0.5, 0.6) is 0 Å². The molecular formula is C23H50O4Si3. The average molecular weight is 475 g/mol. The molecule has 0 unspecified atom stereocenters. The third kappa shape index (κ3) is 7.67.